The molecule has 29 heteroatoms. The summed E-state index contributed by atoms with van der Waals surface area (Å²) in [6.07, 6.45) is 2.73. The SMILES string of the molecule is Cc1ncsc1-c1ccc([C@H](C)NC(=O)[C@@H]2C[C@@H](O)CN2C(=O)[C@@H](NC(=O)CCCCCCCNC(=O)[C@@H](NC(=O)[C@H](CCC(N)=O)NC(=O)[C@@H]2CC[C@@H]3CCN(C)C[C@H](NC(=O)c4cc5cc(C(F)(F)P(=O)(O)O)ccc5[nH]4)C(=O)N32)c2ccccc2)C(C)(C)C)cc1. The number of hydrogen-bond donors (Lipinski definition) is 11. The Morgan fingerprint density at radius 2 is 1.51 bits per heavy atom. The highest BCUT2D eigenvalue weighted by Crippen LogP contribution is 2.59. The van der Waals surface area contributed by atoms with E-state index >= 15 is 0 Å². The van der Waals surface area contributed by atoms with Gasteiger partial charge in [-0.15, -0.1) is 11.3 Å². The zero-order chi connectivity index (χ0) is 68.4. The van der Waals surface area contributed by atoms with Gasteiger partial charge >= 0.3 is 13.3 Å². The number of hydrogen-bond acceptors (Lipinski definition) is 14. The van der Waals surface area contributed by atoms with Crippen LogP contribution in [0.1, 0.15) is 150 Å². The van der Waals surface area contributed by atoms with Crippen molar-refractivity contribution >= 4 is 83.0 Å². The molecule has 3 aliphatic heterocycles. The second-order valence-corrected chi connectivity index (χ2v) is 28.3. The van der Waals surface area contributed by atoms with Crippen molar-refractivity contribution in [2.45, 2.75) is 172 Å². The summed E-state index contributed by atoms with van der Waals surface area (Å²) < 4.78 is 40.7. The van der Waals surface area contributed by atoms with Crippen molar-refractivity contribution in [2.24, 2.45) is 11.1 Å². The molecule has 508 valence electrons. The largest absolute Gasteiger partial charge is 0.399 e. The number of aliphatic hydroxyl groups is 1. The number of unbranched alkanes of at least 4 members (excludes halogenated alkanes) is 4. The lowest BCUT2D eigenvalue weighted by atomic mass is 9.85. The molecular formula is C65H85F2N12O13PS. The molecule has 5 heterocycles. The number of nitrogens with one attached hydrogen (secondary N) is 7. The molecule has 9 amide bonds. The lowest BCUT2D eigenvalue weighted by Crippen LogP contribution is -2.61. The fourth-order valence-corrected chi connectivity index (χ4v) is 13.5. The van der Waals surface area contributed by atoms with E-state index in [-0.39, 0.29) is 74.2 Å². The van der Waals surface area contributed by atoms with Crippen LogP contribution in [0.3, 0.4) is 0 Å². The van der Waals surface area contributed by atoms with Gasteiger partial charge in [-0.25, -0.2) is 4.98 Å². The molecule has 0 saturated carbocycles. The number of fused-ring (bicyclic) bond motifs is 2. The predicted octanol–water partition coefficient (Wildman–Crippen LogP) is 5.06. The van der Waals surface area contributed by atoms with E-state index in [1.165, 1.54) is 15.9 Å². The van der Waals surface area contributed by atoms with E-state index in [0.717, 1.165) is 39.9 Å². The van der Waals surface area contributed by atoms with Gasteiger partial charge in [-0.1, -0.05) is 101 Å². The number of thiazole rings is 1. The average molecular weight is 1340 g/mol. The molecule has 0 bridgehead atoms. The number of likely N-dealkylation sites (tertiary alicyclic amines) is 1. The number of primary amides is 1. The molecule has 0 radical (unpaired) electrons. The molecule has 25 nitrogen and oxygen atoms in total. The third-order valence-corrected chi connectivity index (χ3v) is 19.5. The van der Waals surface area contributed by atoms with Gasteiger partial charge in [-0.3, -0.25) is 47.7 Å². The quantitative estimate of drug-likeness (QED) is 0.0242. The summed E-state index contributed by atoms with van der Waals surface area (Å²) in [6.45, 7) is 9.88. The minimum atomic E-state index is -5.89. The van der Waals surface area contributed by atoms with Crippen molar-refractivity contribution in [3.05, 3.63) is 112 Å². The Labute approximate surface area is 547 Å². The Morgan fingerprint density at radius 3 is 2.18 bits per heavy atom. The van der Waals surface area contributed by atoms with Crippen LogP contribution in [0.5, 0.6) is 0 Å². The van der Waals surface area contributed by atoms with Gasteiger partial charge in [0.25, 0.3) is 5.91 Å². The summed E-state index contributed by atoms with van der Waals surface area (Å²) in [5.74, 6) is -5.51. The standard InChI is InChI=1S/C65H85F2N12O13PS/c1-37(39-18-20-41(21-19-39)55-38(2)70-36-94-55)71-60(86)51-33-45(80)34-78(51)63(89)56(64(3,4)5)75-53(82)17-13-8-7-9-14-29-69-61(87)54(40-15-11-10-12-16-40)76-57(83)47(25-27-52(68)81)73-59(85)50-26-23-44-28-30-77(6)35-49(62(88)79(44)50)74-58(84)48-32-42-31-43(22-24-46(42)72-48)65(66,67)93(90,91)92/h10-12,15-16,18-22,24,31-32,36-37,44-45,47,49-51,54,56,72,80H,7-9,13-14,17,23,25-30,33-35H2,1-6H3,(H2,68,81)(H,69,87)(H,71,86)(H,73,85)(H,74,84)(H,75,82)(H,76,83)(H2,90,91,92)/t37-,44+,45+,47-,49-,50-,51-,54-,56+/m0/s1. The van der Waals surface area contributed by atoms with E-state index in [1.54, 1.807) is 54.2 Å². The fraction of sp³-hybridized carbons (Fsp3) is 0.508. The topological polar surface area (TPSA) is 368 Å². The summed E-state index contributed by atoms with van der Waals surface area (Å²) in [7, 11) is -4.14. The maximum atomic E-state index is 14.6. The van der Waals surface area contributed by atoms with Crippen LogP contribution in [0.15, 0.2) is 84.4 Å². The molecule has 9 atom stereocenters. The number of nitrogens with two attached hydrogens (primary N) is 1. The number of H-pyrrole nitrogens is 1. The summed E-state index contributed by atoms with van der Waals surface area (Å²) in [5, 5.41) is 27.7. The molecule has 2 aromatic heterocycles. The van der Waals surface area contributed by atoms with Crippen LogP contribution in [0.4, 0.5) is 8.78 Å². The van der Waals surface area contributed by atoms with Crippen molar-refractivity contribution in [3.63, 3.8) is 0 Å². The first-order chi connectivity index (χ1) is 44.4. The number of aliphatic hydroxyl groups excluding tert-OH is 1. The van der Waals surface area contributed by atoms with E-state index in [9.17, 15) is 71.4 Å². The van der Waals surface area contributed by atoms with Crippen LogP contribution in [-0.4, -0.2) is 168 Å². The van der Waals surface area contributed by atoms with Gasteiger partial charge in [0.1, 0.15) is 41.9 Å². The molecule has 5 aromatic rings. The Morgan fingerprint density at radius 1 is 0.819 bits per heavy atom. The molecule has 0 unspecified atom stereocenters. The van der Waals surface area contributed by atoms with Crippen LogP contribution in [-0.2, 0) is 48.6 Å². The Kier molecular flexibility index (Phi) is 23.7. The van der Waals surface area contributed by atoms with E-state index in [2.05, 4.69) is 41.9 Å². The second-order valence-electron chi connectivity index (χ2n) is 25.7. The molecule has 8 rings (SSSR count). The van der Waals surface area contributed by atoms with Crippen LogP contribution in [0.2, 0.25) is 0 Å². The zero-order valence-electron chi connectivity index (χ0n) is 53.5. The molecule has 3 fully saturated rings. The number of nitrogens with zero attached hydrogens (tertiary/aromatic N) is 4. The highest BCUT2D eigenvalue weighted by atomic mass is 32.1. The third-order valence-electron chi connectivity index (χ3n) is 17.5. The van der Waals surface area contributed by atoms with Crippen molar-refractivity contribution in [1.82, 2.24) is 56.6 Å². The molecule has 0 spiro atoms. The van der Waals surface area contributed by atoms with Crippen LogP contribution in [0, 0.1) is 12.3 Å². The van der Waals surface area contributed by atoms with Crippen LogP contribution in [0.25, 0.3) is 21.3 Å². The first-order valence-corrected chi connectivity index (χ1v) is 34.1. The monoisotopic (exact) mass is 1340 g/mol. The number of alkyl halides is 2. The number of aryl methyl sites for hydroxylation is 1. The molecule has 12 N–H and O–H groups in total. The summed E-state index contributed by atoms with van der Waals surface area (Å²) in [5.41, 5.74) is 4.37. The number of benzene rings is 3. The molecule has 0 aliphatic carbocycles. The summed E-state index contributed by atoms with van der Waals surface area (Å²) in [4.78, 5) is 156. The maximum Gasteiger partial charge on any atom is 0.399 e. The van der Waals surface area contributed by atoms with Crippen LogP contribution >= 0.6 is 18.9 Å². The van der Waals surface area contributed by atoms with Gasteiger partial charge < -0.3 is 72.2 Å². The van der Waals surface area contributed by atoms with Crippen molar-refractivity contribution in [2.75, 3.05) is 33.2 Å². The molecule has 3 saturated heterocycles. The van der Waals surface area contributed by atoms with Gasteiger partial charge in [0.15, 0.2) is 0 Å². The lowest BCUT2D eigenvalue weighted by molar-refractivity contribution is -0.144. The Hall–Kier alpha value is -8.01. The van der Waals surface area contributed by atoms with Crippen molar-refractivity contribution in [3.8, 4) is 10.4 Å². The number of amides is 9. The first kappa shape index (κ1) is 71.8. The maximum absolute atomic E-state index is 14.6. The number of aromatic nitrogens is 2. The number of likely N-dealkylation sites (N-methyl/N-ethyl adjacent to an activating group) is 1. The fourth-order valence-electron chi connectivity index (χ4n) is 12.3. The van der Waals surface area contributed by atoms with Gasteiger partial charge in [0.2, 0.25) is 47.3 Å². The zero-order valence-corrected chi connectivity index (χ0v) is 55.2. The summed E-state index contributed by atoms with van der Waals surface area (Å²) in [6, 6.07) is 12.4. The predicted molar refractivity (Wildman–Crippen MR) is 346 cm³/mol. The van der Waals surface area contributed by atoms with E-state index < -0.39 is 126 Å². The van der Waals surface area contributed by atoms with Gasteiger partial charge in [0.05, 0.1) is 28.2 Å². The normalized spacial score (nSPS) is 20.0. The number of β-amino-alcohol motifs (C(OH)–C–C–N with tert-alkyl or cyclic N) is 1. The van der Waals surface area contributed by atoms with Crippen molar-refractivity contribution < 1.29 is 71.4 Å². The van der Waals surface area contributed by atoms with E-state index in [0.29, 0.717) is 57.1 Å². The molecular weight excluding hydrogens is 1260 g/mol. The van der Waals surface area contributed by atoms with Gasteiger partial charge in [0, 0.05) is 61.4 Å². The molecule has 3 aromatic carbocycles. The third kappa shape index (κ3) is 17.9. The minimum Gasteiger partial charge on any atom is -0.391 e. The number of carbonyl (C=O) groups excluding carboxylic acids is 9. The Balaban J connectivity index is 0.815. The lowest BCUT2D eigenvalue weighted by Gasteiger charge is -2.38. The number of halogens is 2. The highest BCUT2D eigenvalue weighted by Gasteiger charge is 2.51. The van der Waals surface area contributed by atoms with Gasteiger partial charge in [-0.05, 0) is 106 Å². The number of aromatic amines is 1. The van der Waals surface area contributed by atoms with E-state index in [1.807, 2.05) is 63.8 Å². The van der Waals surface area contributed by atoms with E-state index in [4.69, 9.17) is 5.73 Å². The molecule has 94 heavy (non-hydrogen) atoms. The van der Waals surface area contributed by atoms with Crippen LogP contribution < -0.4 is 37.6 Å². The van der Waals surface area contributed by atoms with Crippen molar-refractivity contribution in [1.29, 1.82) is 0 Å². The minimum absolute atomic E-state index is 0.00488. The number of rotatable bonds is 27. The average Bonchev–Trinajstić information content (AvgIpc) is 1.51. The number of carbonyl (C=O) groups is 9. The second kappa shape index (κ2) is 31.0. The van der Waals surface area contributed by atoms with Gasteiger partial charge in [-0.2, -0.15) is 8.78 Å². The smallest absolute Gasteiger partial charge is 0.391 e. The molecule has 3 aliphatic rings. The Bertz CT molecular complexity index is 3620. The first-order valence-electron chi connectivity index (χ1n) is 31.6. The highest BCUT2D eigenvalue weighted by molar-refractivity contribution is 7.52. The summed E-state index contributed by atoms with van der Waals surface area (Å²) >= 11 is 1.55.